The zero-order chi connectivity index (χ0) is 66.4. The zero-order valence-corrected chi connectivity index (χ0v) is 64.6. The van der Waals surface area contributed by atoms with E-state index in [4.69, 9.17) is 0 Å². The second kappa shape index (κ2) is 40.8. The summed E-state index contributed by atoms with van der Waals surface area (Å²) in [6, 6.07) is 6.77. The van der Waals surface area contributed by atoms with Crippen molar-refractivity contribution in [3.8, 4) is 0 Å². The van der Waals surface area contributed by atoms with E-state index in [9.17, 15) is 15.3 Å². The molecule has 0 saturated heterocycles. The normalized spacial score (nSPS) is 27.4. The van der Waals surface area contributed by atoms with E-state index in [1.54, 1.807) is 0 Å². The van der Waals surface area contributed by atoms with Crippen molar-refractivity contribution in [3.05, 3.63) is 20.6 Å². The minimum absolute atomic E-state index is 0.314. The number of hydrogen-bond acceptors (Lipinski definition) is 9. The molecule has 0 N–H and O–H groups in total. The summed E-state index contributed by atoms with van der Waals surface area (Å²) < 4.78 is 1.53. The van der Waals surface area contributed by atoms with Crippen molar-refractivity contribution < 1.29 is 35.8 Å². The molecule has 10 heteroatoms. The summed E-state index contributed by atoms with van der Waals surface area (Å²) in [6.45, 7) is 11.3. The van der Waals surface area contributed by atoms with Crippen molar-refractivity contribution in [1.82, 2.24) is 29.4 Å². The Balaban J connectivity index is 0.000000144. The Morgan fingerprint density at radius 1 is 0.232 bits per heavy atom. The summed E-state index contributed by atoms with van der Waals surface area (Å²) >= 11 is 2.25. The molecule has 0 radical (unpaired) electrons. The molecule has 95 heavy (non-hydrogen) atoms. The average molecular weight is 1350 g/mol. The summed E-state index contributed by atoms with van der Waals surface area (Å²) in [5, 5.41) is 43.1. The topological polar surface area (TPSA) is 88.6 Å². The van der Waals surface area contributed by atoms with Crippen LogP contribution in [0.1, 0.15) is 420 Å². The molecular weight excluding hydrogens is 1200 g/mol. The summed E-state index contributed by atoms with van der Waals surface area (Å²) in [5.41, 5.74) is 4.83. The standard InChI is InChI=1S/3C25H45N2O.C10H15.Ti/c3*28-25(26(21-13-5-1-6-14-21)22-15-7-2-8-16-22)27(23-17-9-3-10-18-23)24-19-11-4-12-20-24;1-7-6-10(4,5)9(3)8(7)2;/h3*21-25H,1-20H2;1-5H3;/q3*-1;;+3. The Bertz CT molecular complexity index is 1700. The van der Waals surface area contributed by atoms with Crippen LogP contribution in [0.4, 0.5) is 0 Å². The third-order valence-corrected chi connectivity index (χ3v) is 30.1. The van der Waals surface area contributed by atoms with Crippen molar-refractivity contribution in [3.63, 3.8) is 0 Å². The first-order valence-corrected chi connectivity index (χ1v) is 43.9. The molecule has 0 atom stereocenters. The van der Waals surface area contributed by atoms with Crippen molar-refractivity contribution in [2.45, 2.75) is 511 Å². The fourth-order valence-corrected chi connectivity index (χ4v) is 23.1. The molecule has 13 rings (SSSR count). The van der Waals surface area contributed by atoms with Gasteiger partial charge in [-0.2, -0.15) is 0 Å². The molecule has 0 aliphatic heterocycles. The molecule has 12 fully saturated rings. The molecule has 0 aromatic rings. The quantitative estimate of drug-likeness (QED) is 0.0983. The third-order valence-electron chi connectivity index (χ3n) is 28.5. The van der Waals surface area contributed by atoms with Crippen LogP contribution < -0.4 is 15.3 Å². The molecule has 0 amide bonds. The molecule has 0 unspecified atom stereocenters. The van der Waals surface area contributed by atoms with Gasteiger partial charge < -0.3 is 15.3 Å². The van der Waals surface area contributed by atoms with Crippen LogP contribution in [-0.4, -0.2) is 121 Å². The molecule has 542 valence electrons. The zero-order valence-electron chi connectivity index (χ0n) is 63.0. The second-order valence-electron chi connectivity index (χ2n) is 35.0. The summed E-state index contributed by atoms with van der Waals surface area (Å²) in [6.07, 6.45) is 77.7. The van der Waals surface area contributed by atoms with E-state index in [-0.39, 0.29) is 0 Å². The minimum Gasteiger partial charge on any atom is -0.829 e. The molecule has 0 heterocycles. The second-order valence-corrected chi connectivity index (χ2v) is 35.8. The fourth-order valence-electron chi connectivity index (χ4n) is 22.6. The van der Waals surface area contributed by atoms with Crippen molar-refractivity contribution in [2.75, 3.05) is 0 Å². The number of nitrogens with zero attached hydrogens (tertiary/aromatic N) is 6. The number of allylic oxidation sites excluding steroid dienone is 4. The van der Waals surface area contributed by atoms with Gasteiger partial charge in [0.1, 0.15) is 0 Å². The predicted octanol–water partition coefficient (Wildman–Crippen LogP) is 19.9. The SMILES string of the molecule is CC1=C(C)C(C)(C)[C]([Ti+3])=C1C.[O-]C(N(C1CCCCC1)C1CCCCC1)N(C1CCCCC1)C1CCCCC1.[O-]C(N(C1CCCCC1)C1CCCCC1)N(C1CCCCC1)C1CCCCC1.[O-]C(N(C1CCCCC1)C1CCCCC1)N(C1CCCCC1)C1CCCCC1. The van der Waals surface area contributed by atoms with E-state index >= 15 is 0 Å². The van der Waals surface area contributed by atoms with Crippen molar-refractivity contribution in [1.29, 1.82) is 0 Å². The molecule has 0 aromatic carbocycles. The van der Waals surface area contributed by atoms with Gasteiger partial charge >= 0.3 is 81.1 Å². The van der Waals surface area contributed by atoms with Gasteiger partial charge in [-0.1, -0.05) is 231 Å². The fraction of sp³-hybridized carbons (Fsp3) is 0.953. The van der Waals surface area contributed by atoms with E-state index in [0.29, 0.717) is 77.9 Å². The number of hydrogen-bond donors (Lipinski definition) is 0. The van der Waals surface area contributed by atoms with Gasteiger partial charge in [-0.15, -0.1) is 0 Å². The molecular formula is C85H150N6O3Ti. The average Bonchev–Trinajstić information content (AvgIpc) is 1.79. The Kier molecular flexibility index (Phi) is 33.2. The summed E-state index contributed by atoms with van der Waals surface area (Å²) in [7, 11) is 0. The van der Waals surface area contributed by atoms with Gasteiger partial charge in [-0.25, -0.2) is 0 Å². The minimum atomic E-state index is -0.572. The monoisotopic (exact) mass is 1350 g/mol. The Morgan fingerprint density at radius 2 is 0.347 bits per heavy atom. The van der Waals surface area contributed by atoms with E-state index in [2.05, 4.69) is 84.5 Å². The molecule has 0 spiro atoms. The smallest absolute Gasteiger partial charge is 0.0100 e. The molecule has 0 aromatic heterocycles. The van der Waals surface area contributed by atoms with Crippen molar-refractivity contribution in [2.24, 2.45) is 5.41 Å². The molecule has 13 aliphatic rings. The van der Waals surface area contributed by atoms with E-state index < -0.39 is 19.1 Å². The predicted molar refractivity (Wildman–Crippen MR) is 390 cm³/mol. The Labute approximate surface area is 598 Å². The maximum absolute atomic E-state index is 14.4. The van der Waals surface area contributed by atoms with Gasteiger partial charge in [0.25, 0.3) is 0 Å². The first-order chi connectivity index (χ1) is 46.4. The van der Waals surface area contributed by atoms with Gasteiger partial charge in [0.2, 0.25) is 0 Å². The van der Waals surface area contributed by atoms with Gasteiger partial charge in [0.15, 0.2) is 0 Å². The maximum Gasteiger partial charge on any atom is 0.0100 e. The van der Waals surface area contributed by atoms with Crippen LogP contribution in [0.25, 0.3) is 0 Å². The number of rotatable bonds is 18. The van der Waals surface area contributed by atoms with Crippen LogP contribution in [0.15, 0.2) is 20.6 Å². The van der Waals surface area contributed by atoms with Crippen LogP contribution in [0, 0.1) is 5.41 Å². The van der Waals surface area contributed by atoms with Crippen molar-refractivity contribution >= 4 is 0 Å². The third kappa shape index (κ3) is 21.5. The summed E-state index contributed by atoms with van der Waals surface area (Å²) in [5.74, 6) is 0. The first-order valence-electron chi connectivity index (χ1n) is 43.2. The molecule has 0 bridgehead atoms. The van der Waals surface area contributed by atoms with Gasteiger partial charge in [-0.3, -0.25) is 29.4 Å². The van der Waals surface area contributed by atoms with Crippen LogP contribution in [0.2, 0.25) is 0 Å². The molecule has 12 saturated carbocycles. The van der Waals surface area contributed by atoms with Gasteiger partial charge in [-0.05, 0) is 173 Å². The van der Waals surface area contributed by atoms with Crippen LogP contribution in [0.3, 0.4) is 0 Å². The maximum atomic E-state index is 14.4. The van der Waals surface area contributed by atoms with E-state index in [1.165, 1.54) is 406 Å². The van der Waals surface area contributed by atoms with Crippen LogP contribution in [0.5, 0.6) is 0 Å². The Hall–Kier alpha value is -0.166. The van der Waals surface area contributed by atoms with Gasteiger partial charge in [0.05, 0.1) is 0 Å². The Morgan fingerprint density at radius 3 is 0.421 bits per heavy atom. The molecule has 9 nitrogen and oxygen atoms in total. The van der Waals surface area contributed by atoms with Gasteiger partial charge in [0, 0.05) is 72.5 Å². The van der Waals surface area contributed by atoms with E-state index in [0.717, 1.165) is 0 Å². The van der Waals surface area contributed by atoms with Crippen LogP contribution >= 0.6 is 0 Å². The summed E-state index contributed by atoms with van der Waals surface area (Å²) in [4.78, 5) is 15.4. The van der Waals surface area contributed by atoms with Crippen LogP contribution in [-0.2, 0) is 20.4 Å². The largest absolute Gasteiger partial charge is 0.829 e. The molecule has 13 aliphatic carbocycles. The first kappa shape index (κ1) is 77.4. The van der Waals surface area contributed by atoms with E-state index in [1.807, 2.05) is 0 Å².